The number of nitrogens with one attached hydrogen (secondary N) is 4. The zero-order chi connectivity index (χ0) is 37.9. The molecule has 53 heavy (non-hydrogen) atoms. The molecule has 0 saturated heterocycles. The van der Waals surface area contributed by atoms with Gasteiger partial charge >= 0.3 is 0 Å². The molecule has 3 heterocycles. The lowest BCUT2D eigenvalue weighted by Gasteiger charge is -2.26. The van der Waals surface area contributed by atoms with E-state index in [0.717, 1.165) is 34.5 Å². The van der Waals surface area contributed by atoms with Crippen LogP contribution in [0, 0.1) is 13.8 Å². The van der Waals surface area contributed by atoms with E-state index in [1.54, 1.807) is 39.6 Å². The van der Waals surface area contributed by atoms with Gasteiger partial charge in [-0.1, -0.05) is 42.5 Å². The fraction of sp³-hybridized carbons (Fsp3) is 0.282. The third-order valence-electron chi connectivity index (χ3n) is 8.61. The highest BCUT2D eigenvalue weighted by Gasteiger charge is 2.32. The summed E-state index contributed by atoms with van der Waals surface area (Å²) in [6.45, 7) is 6.39. The molecule has 2 aromatic carbocycles. The Morgan fingerprint density at radius 2 is 1.83 bits per heavy atom. The van der Waals surface area contributed by atoms with E-state index >= 15 is 0 Å². The Morgan fingerprint density at radius 1 is 1.06 bits per heavy atom. The number of aliphatic hydroxyl groups is 1. The van der Waals surface area contributed by atoms with E-state index in [-0.39, 0.29) is 25.5 Å². The van der Waals surface area contributed by atoms with Crippen molar-refractivity contribution >= 4 is 53.1 Å². The minimum Gasteiger partial charge on any atom is -0.383 e. The first kappa shape index (κ1) is 38.1. The van der Waals surface area contributed by atoms with Gasteiger partial charge in [-0.2, -0.15) is 4.98 Å². The SMILES string of the molecule is COCCN1C(=O)[C@H](C)NC(c2ccccc2)=C(C=O)/C1=C\CC(O)Nc1ccc(C)c(NCc2cnc(Nc3ccc(C)nc3)nc2N(C)C=O)c1. The Balaban J connectivity index is 1.34. The smallest absolute Gasteiger partial charge is 0.249 e. The van der Waals surface area contributed by atoms with Gasteiger partial charge in [0, 0.05) is 62.5 Å². The van der Waals surface area contributed by atoms with Gasteiger partial charge in [0.1, 0.15) is 18.1 Å². The van der Waals surface area contributed by atoms with Crippen molar-refractivity contribution in [3.63, 3.8) is 0 Å². The fourth-order valence-corrected chi connectivity index (χ4v) is 5.75. The number of carbonyl (C=O) groups is 3. The zero-order valence-corrected chi connectivity index (χ0v) is 30.5. The lowest BCUT2D eigenvalue weighted by molar-refractivity contribution is -0.131. The largest absolute Gasteiger partial charge is 0.383 e. The standard InChI is InChI=1S/C39H45N9O5/c1-25-11-13-30(19-33(25)41-20-29-21-42-39(46-37(29)47(4)24-50)45-31-14-12-26(2)40-22-31)44-35(51)16-15-34-32(23-49)36(28-9-7-6-8-10-28)43-27(3)38(52)48(34)17-18-53-5/h6-15,19,21-24,27,35,41,43-44,51H,16-18,20H2,1-5H3,(H,42,45,46)/b34-15+/t27-,35?/m0/s1. The highest BCUT2D eigenvalue weighted by Crippen LogP contribution is 2.29. The number of hydrogen-bond donors (Lipinski definition) is 5. The van der Waals surface area contributed by atoms with Crippen LogP contribution in [0.1, 0.15) is 35.7 Å². The molecular formula is C39H45N9O5. The van der Waals surface area contributed by atoms with Gasteiger partial charge in [-0.05, 0) is 56.2 Å². The maximum absolute atomic E-state index is 13.6. The van der Waals surface area contributed by atoms with Crippen molar-refractivity contribution in [3.8, 4) is 0 Å². The van der Waals surface area contributed by atoms with Crippen LogP contribution in [0.5, 0.6) is 0 Å². The summed E-state index contributed by atoms with van der Waals surface area (Å²) >= 11 is 0. The summed E-state index contributed by atoms with van der Waals surface area (Å²) in [5, 5.41) is 24.0. The number of hydrogen-bond acceptors (Lipinski definition) is 12. The van der Waals surface area contributed by atoms with Crippen LogP contribution in [-0.4, -0.2) is 83.1 Å². The zero-order valence-electron chi connectivity index (χ0n) is 30.5. The Hall–Kier alpha value is -6.12. The molecule has 14 nitrogen and oxygen atoms in total. The number of benzene rings is 2. The van der Waals surface area contributed by atoms with Crippen LogP contribution < -0.4 is 26.2 Å². The van der Waals surface area contributed by atoms with Crippen molar-refractivity contribution in [3.05, 3.63) is 113 Å². The number of pyridine rings is 1. The second-order valence-corrected chi connectivity index (χ2v) is 12.6. The summed E-state index contributed by atoms with van der Waals surface area (Å²) in [4.78, 5) is 54.2. The predicted molar refractivity (Wildman–Crippen MR) is 205 cm³/mol. The number of anilines is 5. The maximum atomic E-state index is 13.6. The van der Waals surface area contributed by atoms with Crippen LogP contribution in [0.3, 0.4) is 0 Å². The number of aliphatic hydroxyl groups excluding tert-OH is 1. The lowest BCUT2D eigenvalue weighted by Crippen LogP contribution is -2.42. The minimum atomic E-state index is -1.07. The van der Waals surface area contributed by atoms with E-state index < -0.39 is 12.3 Å². The molecular weight excluding hydrogens is 674 g/mol. The average Bonchev–Trinajstić information content (AvgIpc) is 3.27. The molecule has 1 aliphatic rings. The Morgan fingerprint density at radius 3 is 2.53 bits per heavy atom. The van der Waals surface area contributed by atoms with Crippen molar-refractivity contribution in [2.75, 3.05) is 48.2 Å². The molecule has 5 rings (SSSR count). The molecule has 0 radical (unpaired) electrons. The molecule has 0 fully saturated rings. The number of aromatic nitrogens is 3. The molecule has 276 valence electrons. The van der Waals surface area contributed by atoms with E-state index in [2.05, 4.69) is 36.2 Å². The Labute approximate surface area is 309 Å². The molecule has 2 atom stereocenters. The van der Waals surface area contributed by atoms with Crippen LogP contribution in [0.4, 0.5) is 28.8 Å². The Kier molecular flexibility index (Phi) is 12.9. The number of carbonyl (C=O) groups excluding carboxylic acids is 3. The van der Waals surface area contributed by atoms with Gasteiger partial charge < -0.3 is 40.9 Å². The summed E-state index contributed by atoms with van der Waals surface area (Å²) < 4.78 is 5.28. The summed E-state index contributed by atoms with van der Waals surface area (Å²) in [7, 11) is 3.17. The number of ether oxygens (including phenoxy) is 1. The first-order valence-electron chi connectivity index (χ1n) is 17.2. The van der Waals surface area contributed by atoms with Gasteiger partial charge in [0.25, 0.3) is 0 Å². The summed E-state index contributed by atoms with van der Waals surface area (Å²) in [6, 6.07) is 18.1. The maximum Gasteiger partial charge on any atom is 0.249 e. The molecule has 0 aliphatic carbocycles. The Bertz CT molecular complexity index is 1970. The number of allylic oxidation sites excluding steroid dienone is 1. The average molecular weight is 720 g/mol. The van der Waals surface area contributed by atoms with Crippen molar-refractivity contribution in [1.29, 1.82) is 0 Å². The predicted octanol–water partition coefficient (Wildman–Crippen LogP) is 4.52. The number of nitrogens with zero attached hydrogens (tertiary/aromatic N) is 5. The summed E-state index contributed by atoms with van der Waals surface area (Å²) in [6.07, 6.45) is 5.47. The first-order chi connectivity index (χ1) is 25.6. The summed E-state index contributed by atoms with van der Waals surface area (Å²) in [5.41, 5.74) is 6.64. The number of methoxy groups -OCH3 is 1. The van der Waals surface area contributed by atoms with Gasteiger partial charge in [0.05, 0.1) is 35.5 Å². The van der Waals surface area contributed by atoms with Crippen LogP contribution in [0.25, 0.3) is 5.70 Å². The lowest BCUT2D eigenvalue weighted by atomic mass is 10.0. The molecule has 2 aromatic heterocycles. The van der Waals surface area contributed by atoms with Crippen molar-refractivity contribution in [2.45, 2.75) is 46.0 Å². The first-order valence-corrected chi connectivity index (χ1v) is 17.2. The van der Waals surface area contributed by atoms with Crippen LogP contribution in [-0.2, 0) is 25.7 Å². The highest BCUT2D eigenvalue weighted by atomic mass is 16.5. The normalized spacial score (nSPS) is 15.7. The molecule has 0 bridgehead atoms. The van der Waals surface area contributed by atoms with Crippen molar-refractivity contribution in [2.24, 2.45) is 0 Å². The van der Waals surface area contributed by atoms with E-state index in [1.807, 2.05) is 74.5 Å². The van der Waals surface area contributed by atoms with Crippen LogP contribution in [0.2, 0.25) is 0 Å². The monoisotopic (exact) mass is 719 g/mol. The molecule has 0 spiro atoms. The molecule has 2 amide bonds. The second-order valence-electron chi connectivity index (χ2n) is 12.6. The number of aryl methyl sites for hydroxylation is 2. The third kappa shape index (κ3) is 9.61. The van der Waals surface area contributed by atoms with Gasteiger partial charge in [0.15, 0.2) is 6.29 Å². The number of aldehydes is 1. The fourth-order valence-electron chi connectivity index (χ4n) is 5.75. The third-order valence-corrected chi connectivity index (χ3v) is 8.61. The van der Waals surface area contributed by atoms with Gasteiger partial charge in [-0.3, -0.25) is 19.4 Å². The molecule has 1 aliphatic heterocycles. The number of rotatable bonds is 16. The number of amides is 2. The van der Waals surface area contributed by atoms with Crippen LogP contribution in [0.15, 0.2) is 90.4 Å². The van der Waals surface area contributed by atoms with Crippen molar-refractivity contribution in [1.82, 2.24) is 25.2 Å². The highest BCUT2D eigenvalue weighted by molar-refractivity contribution is 5.98. The molecule has 14 heteroatoms. The van der Waals surface area contributed by atoms with Gasteiger partial charge in [-0.15, -0.1) is 0 Å². The van der Waals surface area contributed by atoms with E-state index in [0.29, 0.717) is 52.9 Å². The van der Waals surface area contributed by atoms with Gasteiger partial charge in [-0.25, -0.2) is 4.98 Å². The van der Waals surface area contributed by atoms with Gasteiger partial charge in [0.2, 0.25) is 18.3 Å². The summed E-state index contributed by atoms with van der Waals surface area (Å²) in [5.74, 6) is 0.528. The van der Waals surface area contributed by atoms with Crippen molar-refractivity contribution < 1.29 is 24.2 Å². The molecule has 5 N–H and O–H groups in total. The second kappa shape index (κ2) is 17.9. The topological polar surface area (TPSA) is 174 Å². The quantitative estimate of drug-likeness (QED) is 0.0811. The minimum absolute atomic E-state index is 0.0777. The van der Waals surface area contributed by atoms with E-state index in [4.69, 9.17) is 4.74 Å². The van der Waals surface area contributed by atoms with E-state index in [1.165, 1.54) is 9.80 Å². The molecule has 1 unspecified atom stereocenters. The van der Waals surface area contributed by atoms with Crippen LogP contribution >= 0.6 is 0 Å². The van der Waals surface area contributed by atoms with E-state index in [9.17, 15) is 19.5 Å². The molecule has 4 aromatic rings. The molecule has 0 saturated carbocycles.